The number of anilines is 1. The Morgan fingerprint density at radius 2 is 1.59 bits per heavy atom. The summed E-state index contributed by atoms with van der Waals surface area (Å²) in [6, 6.07) is 10.4. The van der Waals surface area contributed by atoms with E-state index >= 15 is 0 Å². The molecule has 0 unspecified atom stereocenters. The van der Waals surface area contributed by atoms with Crippen molar-refractivity contribution in [2.75, 3.05) is 71.8 Å². The van der Waals surface area contributed by atoms with Gasteiger partial charge in [0.25, 0.3) is 0 Å². The Labute approximate surface area is 289 Å². The number of nitrogens with zero attached hydrogens (tertiary/aromatic N) is 5. The zero-order valence-electron chi connectivity index (χ0n) is 28.1. The third-order valence-electron chi connectivity index (χ3n) is 10.6. The lowest BCUT2D eigenvalue weighted by molar-refractivity contribution is -0.143. The van der Waals surface area contributed by atoms with E-state index in [1.54, 1.807) is 14.4 Å². The van der Waals surface area contributed by atoms with E-state index in [1.165, 1.54) is 13.1 Å². The van der Waals surface area contributed by atoms with E-state index in [1.807, 2.05) is 24.3 Å². The SMILES string of the molecule is CNc1c(Cl)cc(C[C@@H](CC(=O)N2CCC(n3c(=O)[nH]c4ccccc43)CC2)C(=O)N2CCN(C3CCN(C)CC3)CC2)cc1C(F)(F)F. The fourth-order valence-electron chi connectivity index (χ4n) is 7.87. The molecule has 1 atom stereocenters. The minimum atomic E-state index is -4.66. The monoisotopic (exact) mass is 703 g/mol. The lowest BCUT2D eigenvalue weighted by atomic mass is 9.91. The number of piperidine rings is 2. The fourth-order valence-corrected chi connectivity index (χ4v) is 8.20. The molecule has 3 aromatic rings. The van der Waals surface area contributed by atoms with E-state index in [2.05, 4.69) is 27.1 Å². The average molecular weight is 704 g/mol. The number of benzene rings is 2. The number of aromatic nitrogens is 2. The van der Waals surface area contributed by atoms with Crippen LogP contribution in [0.25, 0.3) is 11.0 Å². The molecule has 2 aromatic carbocycles. The van der Waals surface area contributed by atoms with Gasteiger partial charge >= 0.3 is 11.9 Å². The maximum Gasteiger partial charge on any atom is 0.418 e. The molecule has 0 spiro atoms. The topological polar surface area (TPSA) is 96.9 Å². The van der Waals surface area contributed by atoms with Crippen LogP contribution in [0.3, 0.4) is 0 Å². The van der Waals surface area contributed by atoms with Gasteiger partial charge in [0, 0.05) is 64.8 Å². The number of rotatable bonds is 8. The lowest BCUT2D eigenvalue weighted by Gasteiger charge is -2.43. The summed E-state index contributed by atoms with van der Waals surface area (Å²) in [5.74, 6) is -1.30. The first kappa shape index (κ1) is 35.3. The van der Waals surface area contributed by atoms with Crippen molar-refractivity contribution < 1.29 is 22.8 Å². The highest BCUT2D eigenvalue weighted by Crippen LogP contribution is 2.40. The first-order valence-corrected chi connectivity index (χ1v) is 17.6. The number of halogens is 4. The number of piperazine rings is 1. The number of fused-ring (bicyclic) bond motifs is 1. The zero-order valence-corrected chi connectivity index (χ0v) is 28.8. The molecule has 14 heteroatoms. The molecule has 3 aliphatic rings. The second-order valence-electron chi connectivity index (χ2n) is 13.7. The molecule has 266 valence electrons. The summed E-state index contributed by atoms with van der Waals surface area (Å²) in [5.41, 5.74) is 0.519. The van der Waals surface area contributed by atoms with Gasteiger partial charge in [0.2, 0.25) is 11.8 Å². The molecular weight excluding hydrogens is 659 g/mol. The molecule has 0 aliphatic carbocycles. The number of carbonyl (C=O) groups is 2. The van der Waals surface area contributed by atoms with E-state index in [0.29, 0.717) is 45.1 Å². The number of hydrogen-bond acceptors (Lipinski definition) is 6. The highest BCUT2D eigenvalue weighted by molar-refractivity contribution is 6.33. The van der Waals surface area contributed by atoms with E-state index in [4.69, 9.17) is 11.6 Å². The Morgan fingerprint density at radius 3 is 2.24 bits per heavy atom. The van der Waals surface area contributed by atoms with Crippen molar-refractivity contribution >= 4 is 40.1 Å². The number of nitrogens with one attached hydrogen (secondary N) is 2. The summed E-state index contributed by atoms with van der Waals surface area (Å²) >= 11 is 6.31. The summed E-state index contributed by atoms with van der Waals surface area (Å²) in [6.07, 6.45) is -1.53. The first-order valence-electron chi connectivity index (χ1n) is 17.2. The molecule has 49 heavy (non-hydrogen) atoms. The average Bonchev–Trinajstić information content (AvgIpc) is 3.43. The van der Waals surface area contributed by atoms with Gasteiger partial charge in [0.15, 0.2) is 0 Å². The molecule has 0 saturated carbocycles. The number of para-hydroxylation sites is 2. The number of amides is 2. The molecule has 6 rings (SSSR count). The molecular formula is C35H45ClF3N7O3. The number of alkyl halides is 3. The van der Waals surface area contributed by atoms with Gasteiger partial charge in [-0.05, 0) is 82.1 Å². The van der Waals surface area contributed by atoms with Crippen LogP contribution in [-0.4, -0.2) is 113 Å². The van der Waals surface area contributed by atoms with Crippen LogP contribution in [0, 0.1) is 5.92 Å². The number of carbonyl (C=O) groups excluding carboxylic acids is 2. The Bertz CT molecular complexity index is 1700. The van der Waals surface area contributed by atoms with Crippen molar-refractivity contribution in [1.82, 2.24) is 29.2 Å². The molecule has 0 radical (unpaired) electrons. The van der Waals surface area contributed by atoms with Crippen molar-refractivity contribution in [3.63, 3.8) is 0 Å². The summed E-state index contributed by atoms with van der Waals surface area (Å²) in [6.45, 7) is 5.36. The van der Waals surface area contributed by atoms with E-state index < -0.39 is 17.7 Å². The number of hydrogen-bond donors (Lipinski definition) is 2. The molecule has 1 aromatic heterocycles. The summed E-state index contributed by atoms with van der Waals surface area (Å²) < 4.78 is 43.8. The van der Waals surface area contributed by atoms with Crippen LogP contribution in [0.2, 0.25) is 5.02 Å². The van der Waals surface area contributed by atoms with Gasteiger partial charge in [-0.25, -0.2) is 4.79 Å². The van der Waals surface area contributed by atoms with Crippen molar-refractivity contribution in [2.24, 2.45) is 5.92 Å². The molecule has 0 bridgehead atoms. The Balaban J connectivity index is 1.17. The van der Waals surface area contributed by atoms with Crippen LogP contribution in [-0.2, 0) is 22.2 Å². The predicted octanol–water partition coefficient (Wildman–Crippen LogP) is 4.69. The molecule has 4 heterocycles. The maximum absolute atomic E-state index is 14.1. The van der Waals surface area contributed by atoms with Crippen LogP contribution in [0.4, 0.5) is 18.9 Å². The largest absolute Gasteiger partial charge is 0.418 e. The summed E-state index contributed by atoms with van der Waals surface area (Å²) in [5, 5.41) is 2.45. The summed E-state index contributed by atoms with van der Waals surface area (Å²) in [4.78, 5) is 51.8. The van der Waals surface area contributed by atoms with Crippen molar-refractivity contribution in [1.29, 1.82) is 0 Å². The number of aromatic amines is 1. The third-order valence-corrected chi connectivity index (χ3v) is 10.9. The molecule has 3 fully saturated rings. The third kappa shape index (κ3) is 7.78. The molecule has 10 nitrogen and oxygen atoms in total. The smallest absolute Gasteiger partial charge is 0.386 e. The van der Waals surface area contributed by atoms with Crippen LogP contribution >= 0.6 is 11.6 Å². The minimum Gasteiger partial charge on any atom is -0.386 e. The van der Waals surface area contributed by atoms with Crippen LogP contribution < -0.4 is 11.0 Å². The first-order chi connectivity index (χ1) is 23.4. The minimum absolute atomic E-state index is 0.0479. The highest BCUT2D eigenvalue weighted by atomic mass is 35.5. The number of likely N-dealkylation sites (tertiary alicyclic amines) is 2. The molecule has 2 amide bonds. The van der Waals surface area contributed by atoms with Gasteiger partial charge in [-0.1, -0.05) is 23.7 Å². The highest BCUT2D eigenvalue weighted by Gasteiger charge is 2.37. The van der Waals surface area contributed by atoms with Gasteiger partial charge in [-0.15, -0.1) is 0 Å². The van der Waals surface area contributed by atoms with Gasteiger partial charge in [-0.2, -0.15) is 13.2 Å². The van der Waals surface area contributed by atoms with Gasteiger partial charge in [0.05, 0.1) is 33.2 Å². The normalized spacial score (nSPS) is 19.8. The van der Waals surface area contributed by atoms with E-state index in [0.717, 1.165) is 56.1 Å². The van der Waals surface area contributed by atoms with Gasteiger partial charge in [-0.3, -0.25) is 19.1 Å². The quantitative estimate of drug-likeness (QED) is 0.354. The lowest BCUT2D eigenvalue weighted by Crippen LogP contribution is -2.55. The Kier molecular flexibility index (Phi) is 10.6. The van der Waals surface area contributed by atoms with Crippen molar-refractivity contribution in [2.45, 2.75) is 56.8 Å². The van der Waals surface area contributed by atoms with Crippen LogP contribution in [0.1, 0.15) is 49.3 Å². The van der Waals surface area contributed by atoms with Crippen molar-refractivity contribution in [3.05, 3.63) is 63.0 Å². The molecule has 2 N–H and O–H groups in total. The number of H-pyrrole nitrogens is 1. The molecule has 3 aliphatic heterocycles. The maximum atomic E-state index is 14.1. The molecule has 3 saturated heterocycles. The van der Waals surface area contributed by atoms with E-state index in [-0.39, 0.29) is 52.7 Å². The fraction of sp³-hybridized carbons (Fsp3) is 0.571. The summed E-state index contributed by atoms with van der Waals surface area (Å²) in [7, 11) is 3.50. The Morgan fingerprint density at radius 1 is 0.939 bits per heavy atom. The van der Waals surface area contributed by atoms with Crippen LogP contribution in [0.5, 0.6) is 0 Å². The second kappa shape index (κ2) is 14.7. The predicted molar refractivity (Wildman–Crippen MR) is 184 cm³/mol. The second-order valence-corrected chi connectivity index (χ2v) is 14.1. The van der Waals surface area contributed by atoms with Crippen LogP contribution in [0.15, 0.2) is 41.2 Å². The van der Waals surface area contributed by atoms with Gasteiger partial charge < -0.3 is 25.0 Å². The van der Waals surface area contributed by atoms with Crippen molar-refractivity contribution in [3.8, 4) is 0 Å². The number of imidazole rings is 1. The Hall–Kier alpha value is -3.55. The van der Waals surface area contributed by atoms with E-state index in [9.17, 15) is 27.6 Å². The standard InChI is InChI=1S/C35H45ClF3N7O3/c1-40-32-27(35(37,38)39)20-23(21-28(32)36)19-24(33(48)45-17-15-43(16-18-45)25-7-11-42(2)12-8-25)22-31(47)44-13-9-26(10-14-44)46-30-6-4-3-5-29(30)41-34(46)49/h3-6,20-21,24-26,40H,7-19,22H2,1-2H3,(H,41,49)/t24-/m0/s1. The van der Waals surface area contributed by atoms with Gasteiger partial charge in [0.1, 0.15) is 0 Å². The zero-order chi connectivity index (χ0) is 34.9.